The van der Waals surface area contributed by atoms with E-state index in [1.165, 1.54) is 0 Å². The Balaban J connectivity index is 2.68. The van der Waals surface area contributed by atoms with E-state index in [0.29, 0.717) is 12.3 Å². The molecule has 1 amide bonds. The number of amides is 1. The molecule has 2 N–H and O–H groups in total. The van der Waals surface area contributed by atoms with E-state index in [1.807, 2.05) is 13.8 Å². The van der Waals surface area contributed by atoms with Gasteiger partial charge in [-0.05, 0) is 5.92 Å². The first kappa shape index (κ1) is 12.3. The third-order valence-corrected chi connectivity index (χ3v) is 3.59. The van der Waals surface area contributed by atoms with Gasteiger partial charge in [-0.3, -0.25) is 4.79 Å². The molecule has 0 bridgehead atoms. The Morgan fingerprint density at radius 1 is 1.67 bits per heavy atom. The topological polar surface area (TPSA) is 70.1 Å². The van der Waals surface area contributed by atoms with Gasteiger partial charge < -0.3 is 10.6 Å². The third kappa shape index (κ3) is 2.86. The molecule has 4 nitrogen and oxygen atoms in total. The van der Waals surface area contributed by atoms with Crippen LogP contribution in [0.3, 0.4) is 0 Å². The molecule has 1 heterocycles. The molecule has 2 atom stereocenters. The third-order valence-electron chi connectivity index (χ3n) is 2.56. The highest BCUT2D eigenvalue weighted by Crippen LogP contribution is 2.17. The lowest BCUT2D eigenvalue weighted by Gasteiger charge is -2.33. The van der Waals surface area contributed by atoms with Gasteiger partial charge in [0.2, 0.25) is 5.91 Å². The standard InChI is InChI=1S/C10H17N3OS/c1-7(2)9(12)10(14)13-3-4-15-6-8(13)5-11/h7-9H,3-4,6,12H2,1-2H3/t8-,9+/m1/s1. The summed E-state index contributed by atoms with van der Waals surface area (Å²) >= 11 is 1.71. The van der Waals surface area contributed by atoms with Gasteiger partial charge in [0.05, 0.1) is 12.1 Å². The summed E-state index contributed by atoms with van der Waals surface area (Å²) in [4.78, 5) is 13.6. The molecule has 0 aliphatic carbocycles. The summed E-state index contributed by atoms with van der Waals surface area (Å²) in [7, 11) is 0. The molecule has 0 aromatic heterocycles. The molecule has 0 aromatic rings. The molecule has 1 rings (SSSR count). The fourth-order valence-corrected chi connectivity index (χ4v) is 2.42. The number of hydrogen-bond donors (Lipinski definition) is 1. The lowest BCUT2D eigenvalue weighted by Crippen LogP contribution is -2.53. The van der Waals surface area contributed by atoms with E-state index >= 15 is 0 Å². The normalized spacial score (nSPS) is 23.7. The lowest BCUT2D eigenvalue weighted by atomic mass is 10.0. The lowest BCUT2D eigenvalue weighted by molar-refractivity contribution is -0.134. The van der Waals surface area contributed by atoms with Gasteiger partial charge in [-0.2, -0.15) is 17.0 Å². The van der Waals surface area contributed by atoms with Crippen LogP contribution >= 0.6 is 11.8 Å². The van der Waals surface area contributed by atoms with Crippen LogP contribution in [-0.4, -0.2) is 40.9 Å². The van der Waals surface area contributed by atoms with Gasteiger partial charge in [0.15, 0.2) is 0 Å². The fourth-order valence-electron chi connectivity index (χ4n) is 1.45. The van der Waals surface area contributed by atoms with Crippen LogP contribution in [0.5, 0.6) is 0 Å². The molecular formula is C10H17N3OS. The molecule has 0 aromatic carbocycles. The Kier molecular flexibility index (Phi) is 4.43. The zero-order valence-corrected chi connectivity index (χ0v) is 9.96. The average molecular weight is 227 g/mol. The maximum Gasteiger partial charge on any atom is 0.240 e. The molecule has 1 aliphatic rings. The summed E-state index contributed by atoms with van der Waals surface area (Å²) in [5, 5.41) is 8.93. The predicted molar refractivity (Wildman–Crippen MR) is 61.3 cm³/mol. The Hall–Kier alpha value is -0.730. The fraction of sp³-hybridized carbons (Fsp3) is 0.800. The number of carbonyl (C=O) groups is 1. The minimum absolute atomic E-state index is 0.0862. The van der Waals surface area contributed by atoms with Crippen molar-refractivity contribution >= 4 is 17.7 Å². The van der Waals surface area contributed by atoms with Crippen molar-refractivity contribution in [2.24, 2.45) is 11.7 Å². The minimum Gasteiger partial charge on any atom is -0.324 e. The number of nitriles is 1. The number of carbonyl (C=O) groups excluding carboxylic acids is 1. The Morgan fingerprint density at radius 3 is 2.87 bits per heavy atom. The number of nitrogens with two attached hydrogens (primary N) is 1. The Morgan fingerprint density at radius 2 is 2.33 bits per heavy atom. The van der Waals surface area contributed by atoms with Crippen molar-refractivity contribution in [3.05, 3.63) is 0 Å². The monoisotopic (exact) mass is 227 g/mol. The van der Waals surface area contributed by atoms with Crippen LogP contribution in [0.4, 0.5) is 0 Å². The molecule has 0 unspecified atom stereocenters. The van der Waals surface area contributed by atoms with Crippen LogP contribution in [-0.2, 0) is 4.79 Å². The molecule has 1 fully saturated rings. The Labute approximate surface area is 94.8 Å². The van der Waals surface area contributed by atoms with Gasteiger partial charge >= 0.3 is 0 Å². The van der Waals surface area contributed by atoms with Crippen molar-refractivity contribution in [3.63, 3.8) is 0 Å². The summed E-state index contributed by atoms with van der Waals surface area (Å²) in [6, 6.07) is 1.37. The first-order valence-corrected chi connectivity index (χ1v) is 6.26. The first-order valence-electron chi connectivity index (χ1n) is 5.11. The Bertz CT molecular complexity index is 274. The van der Waals surface area contributed by atoms with Crippen LogP contribution in [0.15, 0.2) is 0 Å². The SMILES string of the molecule is CC(C)[C@H](N)C(=O)N1CCSC[C@H]1C#N. The highest BCUT2D eigenvalue weighted by molar-refractivity contribution is 7.99. The maximum atomic E-state index is 11.9. The minimum atomic E-state index is -0.482. The number of thioether (sulfide) groups is 1. The van der Waals surface area contributed by atoms with Crippen LogP contribution < -0.4 is 5.73 Å². The van der Waals surface area contributed by atoms with Gasteiger partial charge in [-0.25, -0.2) is 0 Å². The van der Waals surface area contributed by atoms with E-state index in [9.17, 15) is 4.79 Å². The highest BCUT2D eigenvalue weighted by atomic mass is 32.2. The molecule has 84 valence electrons. The second kappa shape index (κ2) is 5.38. The average Bonchev–Trinajstić information content (AvgIpc) is 2.26. The van der Waals surface area contributed by atoms with Crippen LogP contribution in [0, 0.1) is 17.2 Å². The second-order valence-electron chi connectivity index (χ2n) is 4.02. The smallest absolute Gasteiger partial charge is 0.240 e. The molecule has 5 heteroatoms. The van der Waals surface area contributed by atoms with E-state index in [0.717, 1.165) is 5.75 Å². The van der Waals surface area contributed by atoms with Gasteiger partial charge in [-0.15, -0.1) is 0 Å². The van der Waals surface area contributed by atoms with Gasteiger partial charge in [0.1, 0.15) is 6.04 Å². The number of hydrogen-bond acceptors (Lipinski definition) is 4. The predicted octanol–water partition coefficient (Wildman–Crippen LogP) is 0.437. The van der Waals surface area contributed by atoms with Crippen molar-refractivity contribution in [1.29, 1.82) is 5.26 Å². The van der Waals surface area contributed by atoms with E-state index < -0.39 is 6.04 Å². The number of rotatable bonds is 2. The van der Waals surface area contributed by atoms with E-state index in [1.54, 1.807) is 16.7 Å². The summed E-state index contributed by atoms with van der Waals surface area (Å²) in [6.45, 7) is 4.48. The maximum absolute atomic E-state index is 11.9. The van der Waals surface area contributed by atoms with Gasteiger partial charge in [0.25, 0.3) is 0 Å². The quantitative estimate of drug-likeness (QED) is 0.743. The van der Waals surface area contributed by atoms with Gasteiger partial charge in [0, 0.05) is 18.1 Å². The molecule has 15 heavy (non-hydrogen) atoms. The van der Waals surface area contributed by atoms with E-state index in [2.05, 4.69) is 6.07 Å². The van der Waals surface area contributed by atoms with Crippen molar-refractivity contribution < 1.29 is 4.79 Å². The first-order chi connectivity index (χ1) is 7.07. The van der Waals surface area contributed by atoms with Crippen molar-refractivity contribution in [2.75, 3.05) is 18.1 Å². The number of nitrogens with zero attached hydrogens (tertiary/aromatic N) is 2. The zero-order chi connectivity index (χ0) is 11.4. The summed E-state index contributed by atoms with van der Waals surface area (Å²) in [5.41, 5.74) is 5.80. The van der Waals surface area contributed by atoms with Crippen LogP contribution in [0.1, 0.15) is 13.8 Å². The van der Waals surface area contributed by atoms with Crippen molar-refractivity contribution in [3.8, 4) is 6.07 Å². The highest BCUT2D eigenvalue weighted by Gasteiger charge is 2.31. The molecule has 0 saturated carbocycles. The molecular weight excluding hydrogens is 210 g/mol. The van der Waals surface area contributed by atoms with Crippen LogP contribution in [0.25, 0.3) is 0 Å². The molecule has 1 saturated heterocycles. The van der Waals surface area contributed by atoms with Gasteiger partial charge in [-0.1, -0.05) is 13.8 Å². The van der Waals surface area contributed by atoms with Crippen molar-refractivity contribution in [1.82, 2.24) is 4.90 Å². The second-order valence-corrected chi connectivity index (χ2v) is 5.17. The summed E-state index contributed by atoms with van der Waals surface area (Å²) in [6.07, 6.45) is 0. The molecule has 1 aliphatic heterocycles. The molecule has 0 radical (unpaired) electrons. The van der Waals surface area contributed by atoms with Crippen LogP contribution in [0.2, 0.25) is 0 Å². The van der Waals surface area contributed by atoms with E-state index in [-0.39, 0.29) is 17.9 Å². The zero-order valence-electron chi connectivity index (χ0n) is 9.14. The van der Waals surface area contributed by atoms with E-state index in [4.69, 9.17) is 11.0 Å². The summed E-state index contributed by atoms with van der Waals surface area (Å²) in [5.74, 6) is 1.63. The summed E-state index contributed by atoms with van der Waals surface area (Å²) < 4.78 is 0. The molecule has 0 spiro atoms. The van der Waals surface area contributed by atoms with Crippen molar-refractivity contribution in [2.45, 2.75) is 25.9 Å². The largest absolute Gasteiger partial charge is 0.324 e.